The first-order valence-electron chi connectivity index (χ1n) is 7.11. The SMILES string of the molecule is CCCOc1ccc(/C=N\NC(=O)c2cc(Cl)ccc2Cl)cc1. The quantitative estimate of drug-likeness (QED) is 0.613. The van der Waals surface area contributed by atoms with Crippen molar-refractivity contribution in [2.75, 3.05) is 6.61 Å². The molecule has 4 nitrogen and oxygen atoms in total. The average molecular weight is 351 g/mol. The lowest BCUT2D eigenvalue weighted by molar-refractivity contribution is 0.0955. The van der Waals surface area contributed by atoms with Crippen LogP contribution < -0.4 is 10.2 Å². The van der Waals surface area contributed by atoms with Gasteiger partial charge in [-0.2, -0.15) is 5.10 Å². The zero-order valence-corrected chi connectivity index (χ0v) is 14.1. The van der Waals surface area contributed by atoms with Crippen molar-refractivity contribution < 1.29 is 9.53 Å². The Kier molecular flexibility index (Phi) is 6.44. The number of nitrogens with zero attached hydrogens (tertiary/aromatic N) is 1. The van der Waals surface area contributed by atoms with Gasteiger partial charge in [-0.15, -0.1) is 0 Å². The van der Waals surface area contributed by atoms with E-state index in [1.807, 2.05) is 24.3 Å². The van der Waals surface area contributed by atoms with Crippen LogP contribution in [-0.4, -0.2) is 18.7 Å². The van der Waals surface area contributed by atoms with Crippen molar-refractivity contribution in [1.29, 1.82) is 0 Å². The third-order valence-electron chi connectivity index (χ3n) is 2.91. The summed E-state index contributed by atoms with van der Waals surface area (Å²) in [7, 11) is 0. The van der Waals surface area contributed by atoms with Gasteiger partial charge in [-0.3, -0.25) is 4.79 Å². The molecule has 0 fully saturated rings. The molecule has 0 spiro atoms. The Balaban J connectivity index is 1.95. The van der Waals surface area contributed by atoms with Crippen LogP contribution in [0.15, 0.2) is 47.6 Å². The molecule has 0 aromatic heterocycles. The minimum absolute atomic E-state index is 0.277. The number of halogens is 2. The summed E-state index contributed by atoms with van der Waals surface area (Å²) in [6.45, 7) is 2.74. The fraction of sp³-hybridized carbons (Fsp3) is 0.176. The zero-order valence-electron chi connectivity index (χ0n) is 12.6. The predicted molar refractivity (Wildman–Crippen MR) is 93.8 cm³/mol. The second-order valence-corrected chi connectivity index (χ2v) is 5.58. The summed E-state index contributed by atoms with van der Waals surface area (Å²) in [5, 5.41) is 4.67. The van der Waals surface area contributed by atoms with Crippen LogP contribution in [0.3, 0.4) is 0 Å². The molecule has 0 saturated carbocycles. The molecule has 0 atom stereocenters. The number of hydrogen-bond donors (Lipinski definition) is 1. The molecule has 0 aliphatic rings. The number of benzene rings is 2. The van der Waals surface area contributed by atoms with Gasteiger partial charge in [-0.25, -0.2) is 5.43 Å². The van der Waals surface area contributed by atoms with Gasteiger partial charge in [-0.05, 0) is 54.4 Å². The Hall–Kier alpha value is -2.04. The van der Waals surface area contributed by atoms with E-state index in [4.69, 9.17) is 27.9 Å². The predicted octanol–water partition coefficient (Wildman–Crippen LogP) is 4.55. The monoisotopic (exact) mass is 350 g/mol. The first kappa shape index (κ1) is 17.3. The number of hydrogen-bond acceptors (Lipinski definition) is 3. The molecule has 120 valence electrons. The van der Waals surface area contributed by atoms with Crippen LogP contribution in [0.25, 0.3) is 0 Å². The summed E-state index contributed by atoms with van der Waals surface area (Å²) in [6.07, 6.45) is 2.50. The molecule has 0 bridgehead atoms. The molecule has 0 heterocycles. The van der Waals surface area contributed by atoms with E-state index in [1.54, 1.807) is 18.3 Å². The highest BCUT2D eigenvalue weighted by Gasteiger charge is 2.09. The van der Waals surface area contributed by atoms with Crippen molar-refractivity contribution in [3.8, 4) is 5.75 Å². The molecule has 1 amide bonds. The molecule has 6 heteroatoms. The molecule has 2 aromatic rings. The van der Waals surface area contributed by atoms with Gasteiger partial charge in [0.2, 0.25) is 0 Å². The molecule has 0 aliphatic heterocycles. The van der Waals surface area contributed by atoms with Crippen molar-refractivity contribution in [3.05, 3.63) is 63.6 Å². The second kappa shape index (κ2) is 8.56. The van der Waals surface area contributed by atoms with Crippen molar-refractivity contribution in [2.45, 2.75) is 13.3 Å². The summed E-state index contributed by atoms with van der Waals surface area (Å²) in [5.74, 6) is 0.385. The Morgan fingerprint density at radius 3 is 2.65 bits per heavy atom. The van der Waals surface area contributed by atoms with Gasteiger partial charge in [0, 0.05) is 5.02 Å². The lowest BCUT2D eigenvalue weighted by Crippen LogP contribution is -2.18. The molecule has 0 radical (unpaired) electrons. The van der Waals surface area contributed by atoms with E-state index in [2.05, 4.69) is 17.5 Å². The van der Waals surface area contributed by atoms with E-state index in [1.165, 1.54) is 6.07 Å². The van der Waals surface area contributed by atoms with Gasteiger partial charge >= 0.3 is 0 Å². The highest BCUT2D eigenvalue weighted by molar-refractivity contribution is 6.35. The molecule has 0 unspecified atom stereocenters. The largest absolute Gasteiger partial charge is 0.494 e. The van der Waals surface area contributed by atoms with Crippen LogP contribution in [0.5, 0.6) is 5.75 Å². The second-order valence-electron chi connectivity index (χ2n) is 4.74. The van der Waals surface area contributed by atoms with E-state index in [-0.39, 0.29) is 5.56 Å². The lowest BCUT2D eigenvalue weighted by Gasteiger charge is -2.04. The van der Waals surface area contributed by atoms with Crippen LogP contribution in [0.2, 0.25) is 10.0 Å². The fourth-order valence-corrected chi connectivity index (χ4v) is 2.14. The van der Waals surface area contributed by atoms with Crippen molar-refractivity contribution in [2.24, 2.45) is 5.10 Å². The Morgan fingerprint density at radius 2 is 1.96 bits per heavy atom. The van der Waals surface area contributed by atoms with Crippen LogP contribution in [0, 0.1) is 0 Å². The highest BCUT2D eigenvalue weighted by atomic mass is 35.5. The lowest BCUT2D eigenvalue weighted by atomic mass is 10.2. The Bertz CT molecular complexity index is 700. The van der Waals surface area contributed by atoms with Gasteiger partial charge in [-0.1, -0.05) is 30.1 Å². The summed E-state index contributed by atoms with van der Waals surface area (Å²) in [6, 6.07) is 12.1. The molecule has 0 saturated heterocycles. The number of hydrazone groups is 1. The smallest absolute Gasteiger partial charge is 0.272 e. The molecular formula is C17H16Cl2N2O2. The maximum Gasteiger partial charge on any atom is 0.272 e. The van der Waals surface area contributed by atoms with Crippen molar-refractivity contribution in [1.82, 2.24) is 5.43 Å². The van der Waals surface area contributed by atoms with Crippen LogP contribution in [0.4, 0.5) is 0 Å². The summed E-state index contributed by atoms with van der Waals surface area (Å²) in [4.78, 5) is 12.0. The van der Waals surface area contributed by atoms with Gasteiger partial charge in [0.15, 0.2) is 0 Å². The number of amides is 1. The van der Waals surface area contributed by atoms with Gasteiger partial charge in [0.05, 0.1) is 23.4 Å². The standard InChI is InChI=1S/C17H16Cl2N2O2/c1-2-9-23-14-6-3-12(4-7-14)11-20-21-17(22)15-10-13(18)5-8-16(15)19/h3-8,10-11H,2,9H2,1H3,(H,21,22)/b20-11-. The Morgan fingerprint density at radius 1 is 1.22 bits per heavy atom. The van der Waals surface area contributed by atoms with Crippen LogP contribution in [0.1, 0.15) is 29.3 Å². The van der Waals surface area contributed by atoms with Gasteiger partial charge in [0.25, 0.3) is 5.91 Å². The maximum atomic E-state index is 12.0. The van der Waals surface area contributed by atoms with Gasteiger partial charge in [0.1, 0.15) is 5.75 Å². The Labute approximate surface area is 145 Å². The fourth-order valence-electron chi connectivity index (χ4n) is 1.77. The third kappa shape index (κ3) is 5.27. The summed E-state index contributed by atoms with van der Waals surface area (Å²) < 4.78 is 5.49. The zero-order chi connectivity index (χ0) is 16.7. The minimum Gasteiger partial charge on any atom is -0.494 e. The number of carbonyl (C=O) groups excluding carboxylic acids is 1. The minimum atomic E-state index is -0.420. The maximum absolute atomic E-state index is 12.0. The summed E-state index contributed by atoms with van der Waals surface area (Å²) >= 11 is 11.8. The highest BCUT2D eigenvalue weighted by Crippen LogP contribution is 2.20. The van der Waals surface area contributed by atoms with E-state index >= 15 is 0 Å². The molecule has 0 aliphatic carbocycles. The van der Waals surface area contributed by atoms with Crippen molar-refractivity contribution in [3.63, 3.8) is 0 Å². The topological polar surface area (TPSA) is 50.7 Å². The van der Waals surface area contributed by atoms with E-state index in [0.29, 0.717) is 16.7 Å². The summed E-state index contributed by atoms with van der Waals surface area (Å²) in [5.41, 5.74) is 3.54. The molecular weight excluding hydrogens is 335 g/mol. The first-order chi connectivity index (χ1) is 11.1. The number of nitrogens with one attached hydrogen (secondary N) is 1. The molecule has 2 aromatic carbocycles. The number of carbonyl (C=O) groups is 1. The number of rotatable bonds is 6. The first-order valence-corrected chi connectivity index (χ1v) is 7.87. The normalized spacial score (nSPS) is 10.7. The third-order valence-corrected chi connectivity index (χ3v) is 3.47. The van der Waals surface area contributed by atoms with E-state index in [9.17, 15) is 4.79 Å². The number of ether oxygens (including phenoxy) is 1. The molecule has 23 heavy (non-hydrogen) atoms. The van der Waals surface area contributed by atoms with Crippen LogP contribution >= 0.6 is 23.2 Å². The van der Waals surface area contributed by atoms with Crippen LogP contribution in [-0.2, 0) is 0 Å². The van der Waals surface area contributed by atoms with Gasteiger partial charge < -0.3 is 4.74 Å². The molecule has 2 rings (SSSR count). The van der Waals surface area contributed by atoms with Crippen molar-refractivity contribution >= 4 is 35.3 Å². The average Bonchev–Trinajstić information content (AvgIpc) is 2.56. The van der Waals surface area contributed by atoms with E-state index < -0.39 is 5.91 Å². The van der Waals surface area contributed by atoms with E-state index in [0.717, 1.165) is 17.7 Å². The molecule has 1 N–H and O–H groups in total.